The highest BCUT2D eigenvalue weighted by Gasteiger charge is 2.24. The number of hydrogen-bond acceptors (Lipinski definition) is 4. The van der Waals surface area contributed by atoms with Gasteiger partial charge in [-0.1, -0.05) is 33.1 Å². The zero-order valence-corrected chi connectivity index (χ0v) is 12.8. The summed E-state index contributed by atoms with van der Waals surface area (Å²) in [7, 11) is 0. The van der Waals surface area contributed by atoms with Crippen molar-refractivity contribution in [3.63, 3.8) is 0 Å². The molecule has 112 valence electrons. The van der Waals surface area contributed by atoms with E-state index in [0.717, 1.165) is 30.4 Å². The third kappa shape index (κ3) is 4.44. The predicted octanol–water partition coefficient (Wildman–Crippen LogP) is 3.78. The molecule has 4 heteroatoms. The van der Waals surface area contributed by atoms with E-state index in [1.54, 1.807) is 6.20 Å². The number of rotatable bonds is 7. The zero-order chi connectivity index (χ0) is 14.2. The van der Waals surface area contributed by atoms with E-state index in [2.05, 4.69) is 29.1 Å². The second kappa shape index (κ2) is 8.20. The van der Waals surface area contributed by atoms with Gasteiger partial charge in [0.05, 0.1) is 30.8 Å². The van der Waals surface area contributed by atoms with Crippen LogP contribution in [0.3, 0.4) is 0 Å². The minimum atomic E-state index is 0.411. The normalized spacial score (nSPS) is 22.7. The number of ether oxygens (including phenoxy) is 1. The maximum absolute atomic E-state index is 6.07. The smallest absolute Gasteiger partial charge is 0.144 e. The maximum atomic E-state index is 6.07. The Labute approximate surface area is 122 Å². The molecule has 0 saturated heterocycles. The van der Waals surface area contributed by atoms with Crippen molar-refractivity contribution >= 4 is 5.82 Å². The van der Waals surface area contributed by atoms with Crippen LogP contribution in [-0.2, 0) is 11.3 Å². The standard InChI is InChI=1S/C16H27N3O/c1-3-9-17-16-11-18-14(10-19-16)12-20-15-8-6-5-7-13(15)4-2/h10-11,13,15H,3-9,12H2,1-2H3,(H,17,19). The molecular formula is C16H27N3O. The SMILES string of the molecule is CCCNc1cnc(COC2CCCCC2CC)cn1. The lowest BCUT2D eigenvalue weighted by molar-refractivity contribution is -0.0235. The van der Waals surface area contributed by atoms with E-state index >= 15 is 0 Å². The van der Waals surface area contributed by atoms with Gasteiger partial charge in [-0.2, -0.15) is 0 Å². The molecule has 0 spiro atoms. The fraction of sp³-hybridized carbons (Fsp3) is 0.750. The van der Waals surface area contributed by atoms with E-state index in [1.807, 2.05) is 6.20 Å². The molecule has 0 aliphatic heterocycles. The molecule has 1 fully saturated rings. The highest BCUT2D eigenvalue weighted by Crippen LogP contribution is 2.29. The maximum Gasteiger partial charge on any atom is 0.144 e. The lowest BCUT2D eigenvalue weighted by Crippen LogP contribution is -2.27. The van der Waals surface area contributed by atoms with Gasteiger partial charge in [-0.05, 0) is 25.2 Å². The summed E-state index contributed by atoms with van der Waals surface area (Å²) in [6, 6.07) is 0. The van der Waals surface area contributed by atoms with Gasteiger partial charge in [-0.25, -0.2) is 4.98 Å². The number of nitrogens with zero attached hydrogens (tertiary/aromatic N) is 2. The summed E-state index contributed by atoms with van der Waals surface area (Å²) in [6.45, 7) is 5.92. The van der Waals surface area contributed by atoms with E-state index in [-0.39, 0.29) is 0 Å². The average Bonchev–Trinajstić information content (AvgIpc) is 2.52. The molecule has 2 unspecified atom stereocenters. The van der Waals surface area contributed by atoms with Gasteiger partial charge in [0.15, 0.2) is 0 Å². The molecule has 1 aromatic heterocycles. The van der Waals surface area contributed by atoms with Crippen LogP contribution in [0.1, 0.15) is 58.1 Å². The van der Waals surface area contributed by atoms with Gasteiger partial charge in [-0.15, -0.1) is 0 Å². The Morgan fingerprint density at radius 1 is 1.20 bits per heavy atom. The molecule has 1 aliphatic carbocycles. The summed E-state index contributed by atoms with van der Waals surface area (Å²) in [4.78, 5) is 8.78. The van der Waals surface area contributed by atoms with E-state index in [9.17, 15) is 0 Å². The first-order valence-electron chi connectivity index (χ1n) is 7.99. The second-order valence-electron chi connectivity index (χ2n) is 5.62. The van der Waals surface area contributed by atoms with Crippen molar-refractivity contribution in [3.8, 4) is 0 Å². The molecule has 0 amide bonds. The number of aromatic nitrogens is 2. The van der Waals surface area contributed by atoms with Crippen molar-refractivity contribution in [2.24, 2.45) is 5.92 Å². The number of anilines is 1. The minimum Gasteiger partial charge on any atom is -0.372 e. The minimum absolute atomic E-state index is 0.411. The Kier molecular flexibility index (Phi) is 6.25. The Bertz CT molecular complexity index is 380. The van der Waals surface area contributed by atoms with Crippen LogP contribution in [0.4, 0.5) is 5.82 Å². The molecule has 1 heterocycles. The van der Waals surface area contributed by atoms with Gasteiger partial charge in [-0.3, -0.25) is 4.98 Å². The van der Waals surface area contributed by atoms with Crippen LogP contribution in [0.15, 0.2) is 12.4 Å². The molecule has 20 heavy (non-hydrogen) atoms. The average molecular weight is 277 g/mol. The summed E-state index contributed by atoms with van der Waals surface area (Å²) in [6.07, 6.45) is 11.5. The first-order chi connectivity index (χ1) is 9.83. The van der Waals surface area contributed by atoms with Gasteiger partial charge in [0.2, 0.25) is 0 Å². The molecule has 0 bridgehead atoms. The largest absolute Gasteiger partial charge is 0.372 e. The first kappa shape index (κ1) is 15.2. The molecule has 1 saturated carbocycles. The fourth-order valence-electron chi connectivity index (χ4n) is 2.83. The van der Waals surface area contributed by atoms with Crippen molar-refractivity contribution in [1.29, 1.82) is 0 Å². The van der Waals surface area contributed by atoms with Crippen molar-refractivity contribution in [3.05, 3.63) is 18.1 Å². The van der Waals surface area contributed by atoms with E-state index < -0.39 is 0 Å². The van der Waals surface area contributed by atoms with E-state index in [1.165, 1.54) is 32.1 Å². The van der Waals surface area contributed by atoms with Crippen molar-refractivity contribution in [2.75, 3.05) is 11.9 Å². The highest BCUT2D eigenvalue weighted by molar-refractivity contribution is 5.30. The summed E-state index contributed by atoms with van der Waals surface area (Å²) >= 11 is 0. The van der Waals surface area contributed by atoms with Crippen molar-refractivity contribution in [1.82, 2.24) is 9.97 Å². The monoisotopic (exact) mass is 277 g/mol. The van der Waals surface area contributed by atoms with Gasteiger partial charge in [0.25, 0.3) is 0 Å². The fourth-order valence-corrected chi connectivity index (χ4v) is 2.83. The lowest BCUT2D eigenvalue weighted by Gasteiger charge is -2.30. The lowest BCUT2D eigenvalue weighted by atomic mass is 9.85. The van der Waals surface area contributed by atoms with Crippen molar-refractivity contribution < 1.29 is 4.74 Å². The summed E-state index contributed by atoms with van der Waals surface area (Å²) in [5, 5.41) is 3.23. The molecule has 4 nitrogen and oxygen atoms in total. The van der Waals surface area contributed by atoms with Crippen LogP contribution >= 0.6 is 0 Å². The summed E-state index contributed by atoms with van der Waals surface area (Å²) < 4.78 is 6.07. The van der Waals surface area contributed by atoms with Crippen LogP contribution in [0.5, 0.6) is 0 Å². The van der Waals surface area contributed by atoms with Crippen molar-refractivity contribution in [2.45, 2.75) is 65.1 Å². The third-order valence-corrected chi connectivity index (χ3v) is 4.07. The Morgan fingerprint density at radius 2 is 2.05 bits per heavy atom. The summed E-state index contributed by atoms with van der Waals surface area (Å²) in [5.74, 6) is 1.57. The van der Waals surface area contributed by atoms with Crippen LogP contribution < -0.4 is 5.32 Å². The number of hydrogen-bond donors (Lipinski definition) is 1. The van der Waals surface area contributed by atoms with Gasteiger partial charge >= 0.3 is 0 Å². The van der Waals surface area contributed by atoms with Crippen LogP contribution in [0, 0.1) is 5.92 Å². The number of nitrogens with one attached hydrogen (secondary N) is 1. The molecule has 1 N–H and O–H groups in total. The highest BCUT2D eigenvalue weighted by atomic mass is 16.5. The Morgan fingerprint density at radius 3 is 2.75 bits per heavy atom. The molecule has 2 rings (SSSR count). The quantitative estimate of drug-likeness (QED) is 0.824. The van der Waals surface area contributed by atoms with Crippen LogP contribution in [0.2, 0.25) is 0 Å². The predicted molar refractivity (Wildman–Crippen MR) is 81.6 cm³/mol. The second-order valence-corrected chi connectivity index (χ2v) is 5.62. The molecule has 1 aromatic rings. The molecule has 0 aromatic carbocycles. The molecule has 0 radical (unpaired) electrons. The first-order valence-corrected chi connectivity index (χ1v) is 7.99. The van der Waals surface area contributed by atoms with Gasteiger partial charge < -0.3 is 10.1 Å². The topological polar surface area (TPSA) is 47.0 Å². The molecular weight excluding hydrogens is 250 g/mol. The zero-order valence-electron chi connectivity index (χ0n) is 12.8. The summed E-state index contributed by atoms with van der Waals surface area (Å²) in [5.41, 5.74) is 0.924. The molecule has 1 aliphatic rings. The Hall–Kier alpha value is -1.16. The van der Waals surface area contributed by atoms with Crippen LogP contribution in [-0.4, -0.2) is 22.6 Å². The molecule has 2 atom stereocenters. The van der Waals surface area contributed by atoms with Gasteiger partial charge in [0.1, 0.15) is 5.82 Å². The van der Waals surface area contributed by atoms with E-state index in [4.69, 9.17) is 4.74 Å². The van der Waals surface area contributed by atoms with E-state index in [0.29, 0.717) is 12.7 Å². The van der Waals surface area contributed by atoms with Crippen LogP contribution in [0.25, 0.3) is 0 Å². The van der Waals surface area contributed by atoms with Gasteiger partial charge in [0, 0.05) is 6.54 Å². The Balaban J connectivity index is 1.80. The third-order valence-electron chi connectivity index (χ3n) is 4.07.